The summed E-state index contributed by atoms with van der Waals surface area (Å²) in [4.78, 5) is 2.13. The van der Waals surface area contributed by atoms with E-state index < -0.39 is 0 Å². The van der Waals surface area contributed by atoms with Crippen molar-refractivity contribution in [1.29, 1.82) is 5.26 Å². The first-order valence-electron chi connectivity index (χ1n) is 4.41. The predicted octanol–water partition coefficient (Wildman–Crippen LogP) is 2.12. The molecule has 1 aliphatic rings. The van der Waals surface area contributed by atoms with Crippen LogP contribution in [0, 0.1) is 17.2 Å². The van der Waals surface area contributed by atoms with Crippen molar-refractivity contribution in [2.24, 2.45) is 5.92 Å². The molecule has 1 rings (SSSR count). The van der Waals surface area contributed by atoms with Crippen LogP contribution in [0.5, 0.6) is 0 Å². The first kappa shape index (κ1) is 13.1. The summed E-state index contributed by atoms with van der Waals surface area (Å²) in [5.74, 6) is 0.324. The van der Waals surface area contributed by atoms with Gasteiger partial charge in [0.25, 0.3) is 0 Å². The Balaban J connectivity index is 0. The molecule has 1 aliphatic heterocycles. The van der Waals surface area contributed by atoms with Crippen molar-refractivity contribution in [3.05, 3.63) is 0 Å². The summed E-state index contributed by atoms with van der Waals surface area (Å²) in [6.45, 7) is 9.94. The lowest BCUT2D eigenvalue weighted by atomic mass is 10.0. The Hall–Kier alpha value is -0.550. The molecule has 2 nitrogen and oxygen atoms in total. The Bertz CT molecular complexity index is 98.6. The number of likely N-dealkylation sites (tertiary alicyclic amines) is 1. The van der Waals surface area contributed by atoms with Crippen molar-refractivity contribution >= 4 is 0 Å². The third kappa shape index (κ3) is 5.87. The summed E-state index contributed by atoms with van der Waals surface area (Å²) in [5, 5.41) is 8.23. The quantitative estimate of drug-likeness (QED) is 0.537. The average Bonchev–Trinajstić information content (AvgIpc) is 2.06. The zero-order valence-corrected chi connectivity index (χ0v) is 8.39. The molecule has 0 atom stereocenters. The predicted molar refractivity (Wildman–Crippen MR) is 49.3 cm³/mol. The van der Waals surface area contributed by atoms with Gasteiger partial charge >= 0.3 is 0 Å². The van der Waals surface area contributed by atoms with Gasteiger partial charge in [0.05, 0.1) is 12.0 Å². The Morgan fingerprint density at radius 3 is 1.64 bits per heavy atom. The number of rotatable bonds is 0. The number of nitriles is 1. The Morgan fingerprint density at radius 1 is 1.18 bits per heavy atom. The number of nitrogens with zero attached hydrogens (tertiary/aromatic N) is 2. The first-order valence-corrected chi connectivity index (χ1v) is 4.41. The normalized spacial score (nSPS) is 16.0. The van der Waals surface area contributed by atoms with Crippen molar-refractivity contribution in [2.45, 2.75) is 27.7 Å². The van der Waals surface area contributed by atoms with E-state index in [0.717, 1.165) is 13.1 Å². The maximum atomic E-state index is 8.23. The van der Waals surface area contributed by atoms with Crippen LogP contribution in [0.3, 0.4) is 0 Å². The van der Waals surface area contributed by atoms with Gasteiger partial charge in [-0.05, 0) is 7.05 Å². The van der Waals surface area contributed by atoms with Gasteiger partial charge in [-0.2, -0.15) is 5.26 Å². The molecule has 0 amide bonds. The molecule has 0 aliphatic carbocycles. The Morgan fingerprint density at radius 2 is 1.55 bits per heavy atom. The van der Waals surface area contributed by atoms with E-state index in [-0.39, 0.29) is 0 Å². The van der Waals surface area contributed by atoms with Crippen molar-refractivity contribution in [2.75, 3.05) is 20.1 Å². The lowest BCUT2D eigenvalue weighted by Crippen LogP contribution is -2.42. The summed E-state index contributed by atoms with van der Waals surface area (Å²) < 4.78 is 0. The van der Waals surface area contributed by atoms with Gasteiger partial charge in [-0.25, -0.2) is 0 Å². The van der Waals surface area contributed by atoms with E-state index in [1.807, 2.05) is 34.7 Å². The summed E-state index contributed by atoms with van der Waals surface area (Å²) >= 11 is 0. The van der Waals surface area contributed by atoms with E-state index in [1.165, 1.54) is 0 Å². The number of hydrogen-bond acceptors (Lipinski definition) is 2. The van der Waals surface area contributed by atoms with Gasteiger partial charge in [-0.15, -0.1) is 0 Å². The minimum absolute atomic E-state index is 0.324. The van der Waals surface area contributed by atoms with E-state index in [9.17, 15) is 0 Å². The first-order chi connectivity index (χ1) is 5.33. The lowest BCUT2D eigenvalue weighted by Gasteiger charge is -2.30. The zero-order valence-electron chi connectivity index (χ0n) is 8.39. The second-order valence-corrected chi connectivity index (χ2v) is 2.05. The fraction of sp³-hybridized carbons (Fsp3) is 0.889. The minimum atomic E-state index is 0.324. The highest BCUT2D eigenvalue weighted by atomic mass is 15.2. The molecule has 66 valence electrons. The molecule has 0 spiro atoms. The van der Waals surface area contributed by atoms with Crippen LogP contribution in [0.25, 0.3) is 0 Å². The van der Waals surface area contributed by atoms with E-state index in [4.69, 9.17) is 5.26 Å². The molecule has 0 radical (unpaired) electrons. The van der Waals surface area contributed by atoms with E-state index in [1.54, 1.807) is 0 Å². The fourth-order valence-electron chi connectivity index (χ4n) is 0.781. The van der Waals surface area contributed by atoms with Gasteiger partial charge in [0.15, 0.2) is 0 Å². The minimum Gasteiger partial charge on any atom is -0.304 e. The van der Waals surface area contributed by atoms with Crippen LogP contribution in [-0.4, -0.2) is 25.0 Å². The van der Waals surface area contributed by atoms with Crippen LogP contribution in [0.1, 0.15) is 27.7 Å². The van der Waals surface area contributed by atoms with E-state index >= 15 is 0 Å². The van der Waals surface area contributed by atoms with E-state index in [2.05, 4.69) is 11.0 Å². The highest BCUT2D eigenvalue weighted by molar-refractivity contribution is 4.93. The molecule has 1 fully saturated rings. The SMILES string of the molecule is CC.CC.CN1CC(C#N)C1. The summed E-state index contributed by atoms with van der Waals surface area (Å²) in [7, 11) is 2.02. The lowest BCUT2D eigenvalue weighted by molar-refractivity contribution is 0.175. The van der Waals surface area contributed by atoms with Gasteiger partial charge in [0.2, 0.25) is 0 Å². The third-order valence-corrected chi connectivity index (χ3v) is 1.25. The molecule has 2 heteroatoms. The van der Waals surface area contributed by atoms with Crippen molar-refractivity contribution < 1.29 is 0 Å². The van der Waals surface area contributed by atoms with Crippen LogP contribution in [0.4, 0.5) is 0 Å². The molecule has 0 aromatic rings. The van der Waals surface area contributed by atoms with Gasteiger partial charge < -0.3 is 4.90 Å². The third-order valence-electron chi connectivity index (χ3n) is 1.25. The standard InChI is InChI=1S/C5H8N2.2C2H6/c1-7-3-5(2-6)4-7;2*1-2/h5H,3-4H2,1H3;2*1-2H3. The summed E-state index contributed by atoms with van der Waals surface area (Å²) in [6.07, 6.45) is 0. The maximum absolute atomic E-state index is 8.23. The van der Waals surface area contributed by atoms with Crippen LogP contribution in [-0.2, 0) is 0 Å². The van der Waals surface area contributed by atoms with Crippen molar-refractivity contribution in [1.82, 2.24) is 4.90 Å². The van der Waals surface area contributed by atoms with Gasteiger partial charge in [0, 0.05) is 13.1 Å². The monoisotopic (exact) mass is 156 g/mol. The molecule has 0 unspecified atom stereocenters. The van der Waals surface area contributed by atoms with Gasteiger partial charge in [-0.1, -0.05) is 27.7 Å². The van der Waals surface area contributed by atoms with Crippen LogP contribution in [0.2, 0.25) is 0 Å². The van der Waals surface area contributed by atoms with Gasteiger partial charge in [-0.3, -0.25) is 0 Å². The van der Waals surface area contributed by atoms with E-state index in [0.29, 0.717) is 5.92 Å². The van der Waals surface area contributed by atoms with Gasteiger partial charge in [0.1, 0.15) is 0 Å². The van der Waals surface area contributed by atoms with Crippen molar-refractivity contribution in [3.8, 4) is 6.07 Å². The molecule has 0 aromatic heterocycles. The summed E-state index contributed by atoms with van der Waals surface area (Å²) in [6, 6.07) is 2.19. The zero-order chi connectivity index (χ0) is 9.28. The molecule has 11 heavy (non-hydrogen) atoms. The molecular weight excluding hydrogens is 136 g/mol. The Kier molecular flexibility index (Phi) is 11.2. The second-order valence-electron chi connectivity index (χ2n) is 2.05. The van der Waals surface area contributed by atoms with Crippen LogP contribution in [0.15, 0.2) is 0 Å². The molecule has 0 aromatic carbocycles. The molecule has 1 saturated heterocycles. The fourth-order valence-corrected chi connectivity index (χ4v) is 0.781. The topological polar surface area (TPSA) is 27.0 Å². The molecule has 0 saturated carbocycles. The molecule has 0 bridgehead atoms. The Labute approximate surface area is 70.8 Å². The molecular formula is C9H20N2. The average molecular weight is 156 g/mol. The largest absolute Gasteiger partial charge is 0.304 e. The van der Waals surface area contributed by atoms with Crippen LogP contribution >= 0.6 is 0 Å². The van der Waals surface area contributed by atoms with Crippen molar-refractivity contribution in [3.63, 3.8) is 0 Å². The maximum Gasteiger partial charge on any atom is 0.0717 e. The summed E-state index contributed by atoms with van der Waals surface area (Å²) in [5.41, 5.74) is 0. The highest BCUT2D eigenvalue weighted by Crippen LogP contribution is 2.09. The highest BCUT2D eigenvalue weighted by Gasteiger charge is 2.21. The molecule has 0 N–H and O–H groups in total. The second kappa shape index (κ2) is 9.45. The van der Waals surface area contributed by atoms with Crippen LogP contribution < -0.4 is 0 Å². The smallest absolute Gasteiger partial charge is 0.0717 e. The number of hydrogen-bond donors (Lipinski definition) is 0. The molecule has 1 heterocycles.